The lowest BCUT2D eigenvalue weighted by Crippen LogP contribution is -2.49. The van der Waals surface area contributed by atoms with Gasteiger partial charge in [0.15, 0.2) is 17.6 Å². The number of imidazole rings is 1. The number of carboxylic acid groups (broad SMARTS) is 1. The third-order valence-corrected chi connectivity index (χ3v) is 7.83. The molecule has 0 saturated carbocycles. The van der Waals surface area contributed by atoms with Crippen molar-refractivity contribution in [2.75, 3.05) is 12.1 Å². The molecule has 0 saturated heterocycles. The fraction of sp³-hybridized carbons (Fsp3) is 0.455. The van der Waals surface area contributed by atoms with Gasteiger partial charge in [-0.05, 0) is 31.5 Å². The second-order valence-corrected chi connectivity index (χ2v) is 11.9. The summed E-state index contributed by atoms with van der Waals surface area (Å²) in [5.74, 6) is -2.81. The predicted molar refractivity (Wildman–Crippen MR) is 133 cm³/mol. The number of aromatic nitrogens is 4. The molecule has 3 rings (SSSR count). The third kappa shape index (κ3) is 8.93. The maximum absolute atomic E-state index is 14.1. The Kier molecular flexibility index (Phi) is 9.79. The van der Waals surface area contributed by atoms with Crippen LogP contribution in [0, 0.1) is 0 Å². The molecule has 0 radical (unpaired) electrons. The molecule has 44 heavy (non-hydrogen) atoms. The number of halogens is 9. The van der Waals surface area contributed by atoms with E-state index in [-0.39, 0.29) is 17.0 Å². The fourth-order valence-corrected chi connectivity index (χ4v) is 5.97. The van der Waals surface area contributed by atoms with Crippen LogP contribution in [0.15, 0.2) is 36.9 Å². The number of aliphatic carboxylic acids is 1. The predicted octanol–water partition coefficient (Wildman–Crippen LogP) is 4.75. The van der Waals surface area contributed by atoms with E-state index in [0.29, 0.717) is 24.3 Å². The van der Waals surface area contributed by atoms with Crippen LogP contribution in [0.3, 0.4) is 0 Å². The standard InChI is InChI=1S/C22H23F9N7O5P/c1-19(2,18(39)40)37-44(41,36-15(21(26,27)28)11-3-5-12(6-4-11)43-22(29,30)31)10-42-13(20(23,24)25)7-38-9-35-14-16(32)33-8-34-17(14)38/h3-6,8-9,13,15H,7,10H2,1-2H3,(H,39,40)(H2,32,33,34)(H2,36,37,41)/t13?,15-,44?/m1/s1. The van der Waals surface area contributed by atoms with Gasteiger partial charge in [0.2, 0.25) is 7.44 Å². The first kappa shape index (κ1) is 34.8. The Hall–Kier alpha value is -3.68. The van der Waals surface area contributed by atoms with E-state index in [1.165, 1.54) is 0 Å². The van der Waals surface area contributed by atoms with Gasteiger partial charge in [-0.25, -0.2) is 25.1 Å². The number of nitrogens with two attached hydrogens (primary N) is 1. The molecule has 0 spiro atoms. The summed E-state index contributed by atoms with van der Waals surface area (Å²) in [6.45, 7) is 0.652. The Bertz CT molecular complexity index is 1510. The molecule has 0 aliphatic rings. The number of hydrogen-bond acceptors (Lipinski definition) is 8. The first-order valence-electron chi connectivity index (χ1n) is 11.9. The largest absolute Gasteiger partial charge is 0.573 e. The van der Waals surface area contributed by atoms with Crippen LogP contribution >= 0.6 is 7.44 Å². The molecule has 5 N–H and O–H groups in total. The Labute approximate surface area is 241 Å². The number of rotatable bonds is 12. The van der Waals surface area contributed by atoms with E-state index in [4.69, 9.17) is 10.5 Å². The van der Waals surface area contributed by atoms with Gasteiger partial charge in [-0.1, -0.05) is 12.1 Å². The second kappa shape index (κ2) is 12.4. The number of carboxylic acids is 1. The number of nitrogens with zero attached hydrogens (tertiary/aromatic N) is 4. The summed E-state index contributed by atoms with van der Waals surface area (Å²) in [6.07, 6.45) is -18.4. The van der Waals surface area contributed by atoms with Crippen LogP contribution in [0.4, 0.5) is 45.3 Å². The molecule has 22 heteroatoms. The van der Waals surface area contributed by atoms with Gasteiger partial charge < -0.3 is 24.9 Å². The van der Waals surface area contributed by atoms with E-state index in [9.17, 15) is 54.0 Å². The molecule has 2 unspecified atom stereocenters. The number of anilines is 1. The molecule has 0 aliphatic carbocycles. The molecular weight excluding hydrogens is 644 g/mol. The molecule has 1 aromatic carbocycles. The smallest absolute Gasteiger partial charge is 0.480 e. The van der Waals surface area contributed by atoms with E-state index in [1.54, 1.807) is 5.09 Å². The lowest BCUT2D eigenvalue weighted by Gasteiger charge is -2.34. The van der Waals surface area contributed by atoms with E-state index < -0.39 is 74.0 Å². The summed E-state index contributed by atoms with van der Waals surface area (Å²) in [7, 11) is -5.13. The van der Waals surface area contributed by atoms with Gasteiger partial charge in [-0.15, -0.1) is 13.2 Å². The zero-order valence-electron chi connectivity index (χ0n) is 22.3. The molecule has 0 bridgehead atoms. The van der Waals surface area contributed by atoms with Gasteiger partial charge in [0.1, 0.15) is 35.5 Å². The van der Waals surface area contributed by atoms with Crippen LogP contribution in [0.1, 0.15) is 25.5 Å². The van der Waals surface area contributed by atoms with Crippen LogP contribution in [0.5, 0.6) is 5.75 Å². The van der Waals surface area contributed by atoms with E-state index >= 15 is 0 Å². The van der Waals surface area contributed by atoms with Crippen molar-refractivity contribution in [1.82, 2.24) is 29.7 Å². The average Bonchev–Trinajstić information content (AvgIpc) is 3.27. The lowest BCUT2D eigenvalue weighted by atomic mass is 10.1. The minimum atomic E-state index is -5.35. The molecule has 244 valence electrons. The maximum atomic E-state index is 14.1. The summed E-state index contributed by atoms with van der Waals surface area (Å²) >= 11 is 0. The summed E-state index contributed by atoms with van der Waals surface area (Å²) in [4.78, 5) is 22.9. The highest BCUT2D eigenvalue weighted by molar-refractivity contribution is 7.59. The van der Waals surface area contributed by atoms with Gasteiger partial charge >= 0.3 is 24.7 Å². The van der Waals surface area contributed by atoms with Gasteiger partial charge in [-0.3, -0.25) is 9.36 Å². The number of benzene rings is 1. The summed E-state index contributed by atoms with van der Waals surface area (Å²) < 4.78 is 145. The second-order valence-electron chi connectivity index (χ2n) is 9.66. The Morgan fingerprint density at radius 1 is 1.02 bits per heavy atom. The molecule has 3 aromatic rings. The van der Waals surface area contributed by atoms with E-state index in [2.05, 4.69) is 19.7 Å². The number of carbonyl (C=O) groups is 1. The molecule has 12 nitrogen and oxygen atoms in total. The maximum Gasteiger partial charge on any atom is 0.573 e. The minimum Gasteiger partial charge on any atom is -0.480 e. The zero-order valence-corrected chi connectivity index (χ0v) is 23.2. The Morgan fingerprint density at radius 2 is 1.64 bits per heavy atom. The molecule has 2 heterocycles. The molecular formula is C22H23F9N7O5P. The van der Waals surface area contributed by atoms with E-state index in [0.717, 1.165) is 31.1 Å². The van der Waals surface area contributed by atoms with Gasteiger partial charge in [0, 0.05) is 0 Å². The first-order valence-corrected chi connectivity index (χ1v) is 13.8. The van der Waals surface area contributed by atoms with Crippen molar-refractivity contribution >= 4 is 30.4 Å². The number of ether oxygens (including phenoxy) is 2. The fourth-order valence-electron chi connectivity index (χ4n) is 3.67. The highest BCUT2D eigenvalue weighted by atomic mass is 31.2. The summed E-state index contributed by atoms with van der Waals surface area (Å²) in [6, 6.07) is -0.878. The van der Waals surface area contributed by atoms with Crippen LogP contribution in [0.25, 0.3) is 11.2 Å². The quantitative estimate of drug-likeness (QED) is 0.156. The van der Waals surface area contributed by atoms with Crippen molar-refractivity contribution in [2.24, 2.45) is 0 Å². The summed E-state index contributed by atoms with van der Waals surface area (Å²) in [5, 5.41) is 13.0. The van der Waals surface area contributed by atoms with Crippen molar-refractivity contribution in [3.63, 3.8) is 0 Å². The van der Waals surface area contributed by atoms with Crippen LogP contribution < -0.4 is 20.6 Å². The Morgan fingerprint density at radius 3 is 2.16 bits per heavy atom. The molecule has 2 aromatic heterocycles. The van der Waals surface area contributed by atoms with Crippen molar-refractivity contribution in [3.8, 4) is 5.75 Å². The highest BCUT2D eigenvalue weighted by Gasteiger charge is 2.48. The van der Waals surface area contributed by atoms with Gasteiger partial charge in [0.05, 0.1) is 12.9 Å². The first-order chi connectivity index (χ1) is 20.0. The number of nitrogen functional groups attached to an aromatic ring is 1. The number of hydrogen-bond donors (Lipinski definition) is 4. The van der Waals surface area contributed by atoms with Crippen molar-refractivity contribution in [3.05, 3.63) is 42.5 Å². The van der Waals surface area contributed by atoms with Gasteiger partial charge in [0.25, 0.3) is 0 Å². The van der Waals surface area contributed by atoms with Crippen molar-refractivity contribution in [2.45, 2.75) is 56.8 Å². The SMILES string of the molecule is CC(C)(NP(=O)(COC(Cn1cnc2c(N)ncnc21)C(F)(F)F)N[C@H](c1ccc(OC(F)(F)F)cc1)C(F)(F)F)C(=O)O. The monoisotopic (exact) mass is 667 g/mol. The van der Waals surface area contributed by atoms with Crippen LogP contribution in [-0.2, 0) is 20.6 Å². The lowest BCUT2D eigenvalue weighted by molar-refractivity contribution is -0.274. The topological polar surface area (TPSA) is 167 Å². The number of fused-ring (bicyclic) bond motifs is 1. The van der Waals surface area contributed by atoms with E-state index in [1.807, 2.05) is 5.09 Å². The number of nitrogens with one attached hydrogen (secondary N) is 2. The highest BCUT2D eigenvalue weighted by Crippen LogP contribution is 2.47. The Balaban J connectivity index is 1.96. The zero-order chi connectivity index (χ0) is 33.3. The van der Waals surface area contributed by atoms with Crippen molar-refractivity contribution in [1.29, 1.82) is 0 Å². The molecule has 0 aliphatic heterocycles. The average molecular weight is 667 g/mol. The summed E-state index contributed by atoms with van der Waals surface area (Å²) in [5.41, 5.74) is 2.28. The third-order valence-electron chi connectivity index (χ3n) is 5.72. The van der Waals surface area contributed by atoms with Crippen molar-refractivity contribution < 1.29 is 63.5 Å². The van der Waals surface area contributed by atoms with Gasteiger partial charge in [-0.2, -0.15) is 26.3 Å². The number of alkyl halides is 9. The normalized spacial score (nSPS) is 16.0. The molecule has 0 fully saturated rings. The molecule has 0 amide bonds. The molecule has 3 atom stereocenters. The van der Waals surface area contributed by atoms with Crippen LogP contribution in [-0.4, -0.2) is 67.3 Å². The van der Waals surface area contributed by atoms with Crippen LogP contribution in [0.2, 0.25) is 0 Å². The minimum absolute atomic E-state index is 0.0645.